The number of benzene rings is 3. The van der Waals surface area contributed by atoms with Crippen LogP contribution in [0.4, 0.5) is 0 Å². The van der Waals surface area contributed by atoms with Crippen molar-refractivity contribution >= 4 is 0 Å². The topological polar surface area (TPSA) is 64.5 Å². The molecule has 0 amide bonds. The molecule has 5 nitrogen and oxygen atoms in total. The molecule has 0 radical (unpaired) electrons. The van der Waals surface area contributed by atoms with Crippen molar-refractivity contribution in [2.75, 3.05) is 33.9 Å². The minimum absolute atomic E-state index is 0.255. The highest BCUT2D eigenvalue weighted by atomic mass is 16.5. The van der Waals surface area contributed by atoms with Crippen molar-refractivity contribution in [3.8, 4) is 11.5 Å². The maximum atomic E-state index is 10.5. The van der Waals surface area contributed by atoms with E-state index in [2.05, 4.69) is 29.6 Å². The molecule has 164 valence electrons. The summed E-state index contributed by atoms with van der Waals surface area (Å²) in [6, 6.07) is 26.0. The maximum Gasteiger partial charge on any atom is 0.126 e. The van der Waals surface area contributed by atoms with Crippen LogP contribution in [-0.4, -0.2) is 45.1 Å². The number of aliphatic hydroxyl groups excluding tert-OH is 1. The SMILES string of the molecule is COc1ccc(C(OC[C@@H](O)C[NH2+]CCc2ccccc2)c2ccc(OC)cc2)cc1. The van der Waals surface area contributed by atoms with Gasteiger partial charge in [-0.1, -0.05) is 54.6 Å². The van der Waals surface area contributed by atoms with Crippen molar-refractivity contribution in [1.29, 1.82) is 0 Å². The highest BCUT2D eigenvalue weighted by Crippen LogP contribution is 2.29. The van der Waals surface area contributed by atoms with Crippen LogP contribution in [0.25, 0.3) is 0 Å². The number of hydrogen-bond donors (Lipinski definition) is 2. The molecule has 3 aromatic rings. The molecular weight excluding hydrogens is 390 g/mol. The summed E-state index contributed by atoms with van der Waals surface area (Å²) in [6.07, 6.45) is 0.153. The maximum absolute atomic E-state index is 10.5. The summed E-state index contributed by atoms with van der Waals surface area (Å²) in [7, 11) is 3.30. The lowest BCUT2D eigenvalue weighted by atomic mass is 10.0. The minimum Gasteiger partial charge on any atom is -0.497 e. The molecular formula is C26H32NO4+. The molecule has 0 aliphatic heterocycles. The molecule has 0 saturated heterocycles. The molecule has 0 unspecified atom stereocenters. The first-order valence-electron chi connectivity index (χ1n) is 10.6. The van der Waals surface area contributed by atoms with Gasteiger partial charge >= 0.3 is 0 Å². The quantitative estimate of drug-likeness (QED) is 0.441. The Hall–Kier alpha value is -2.86. The molecule has 3 rings (SSSR count). The Balaban J connectivity index is 1.56. The van der Waals surface area contributed by atoms with Crippen LogP contribution >= 0.6 is 0 Å². The van der Waals surface area contributed by atoms with Gasteiger partial charge in [0.05, 0.1) is 27.4 Å². The lowest BCUT2D eigenvalue weighted by molar-refractivity contribution is -0.660. The van der Waals surface area contributed by atoms with Crippen LogP contribution in [0.15, 0.2) is 78.9 Å². The zero-order valence-electron chi connectivity index (χ0n) is 18.2. The van der Waals surface area contributed by atoms with Gasteiger partial charge in [0.1, 0.15) is 30.3 Å². The zero-order valence-corrected chi connectivity index (χ0v) is 18.2. The first-order valence-corrected chi connectivity index (χ1v) is 10.6. The summed E-state index contributed by atoms with van der Waals surface area (Å²) in [6.45, 7) is 1.79. The van der Waals surface area contributed by atoms with Gasteiger partial charge in [-0.3, -0.25) is 0 Å². The Morgan fingerprint density at radius 1 is 0.774 bits per heavy atom. The molecule has 0 spiro atoms. The standard InChI is InChI=1S/C26H31NO4/c1-29-24-12-8-21(9-13-24)26(22-10-14-25(30-2)15-11-22)31-19-23(28)18-27-17-16-20-6-4-3-5-7-20/h3-15,23,26-28H,16-19H2,1-2H3/p+1/t23-/m0/s1. The fourth-order valence-electron chi connectivity index (χ4n) is 3.44. The second kappa shape index (κ2) is 12.1. The predicted octanol–water partition coefficient (Wildman–Crippen LogP) is 2.98. The van der Waals surface area contributed by atoms with Crippen LogP contribution in [0.1, 0.15) is 22.8 Å². The average molecular weight is 423 g/mol. The third-order valence-electron chi connectivity index (χ3n) is 5.21. The lowest BCUT2D eigenvalue weighted by Gasteiger charge is -2.21. The van der Waals surface area contributed by atoms with Gasteiger partial charge in [0.2, 0.25) is 0 Å². The van der Waals surface area contributed by atoms with E-state index in [-0.39, 0.29) is 12.7 Å². The normalized spacial score (nSPS) is 12.0. The van der Waals surface area contributed by atoms with E-state index in [9.17, 15) is 5.11 Å². The highest BCUT2D eigenvalue weighted by molar-refractivity contribution is 5.36. The third-order valence-corrected chi connectivity index (χ3v) is 5.21. The fourth-order valence-corrected chi connectivity index (χ4v) is 3.44. The smallest absolute Gasteiger partial charge is 0.126 e. The number of quaternary nitrogens is 1. The molecule has 0 fully saturated rings. The molecule has 0 aliphatic carbocycles. The van der Waals surface area contributed by atoms with Crippen LogP contribution in [0.5, 0.6) is 11.5 Å². The van der Waals surface area contributed by atoms with Crippen LogP contribution in [0, 0.1) is 0 Å². The Kier molecular flexibility index (Phi) is 8.91. The Morgan fingerprint density at radius 2 is 1.32 bits per heavy atom. The molecule has 0 bridgehead atoms. The molecule has 0 aromatic heterocycles. The molecule has 0 saturated carbocycles. The van der Waals surface area contributed by atoms with E-state index in [0.717, 1.165) is 35.6 Å². The summed E-state index contributed by atoms with van der Waals surface area (Å²) in [5, 5.41) is 12.6. The number of rotatable bonds is 12. The van der Waals surface area contributed by atoms with E-state index >= 15 is 0 Å². The average Bonchev–Trinajstić information content (AvgIpc) is 2.83. The van der Waals surface area contributed by atoms with Gasteiger partial charge < -0.3 is 24.6 Å². The van der Waals surface area contributed by atoms with Gasteiger partial charge in [-0.15, -0.1) is 0 Å². The van der Waals surface area contributed by atoms with Gasteiger partial charge in [-0.05, 0) is 41.0 Å². The van der Waals surface area contributed by atoms with Crippen molar-refractivity contribution in [1.82, 2.24) is 0 Å². The van der Waals surface area contributed by atoms with E-state index in [0.29, 0.717) is 6.54 Å². The van der Waals surface area contributed by atoms with Crippen molar-refractivity contribution in [3.05, 3.63) is 95.6 Å². The monoisotopic (exact) mass is 422 g/mol. The van der Waals surface area contributed by atoms with Crippen LogP contribution in [0.3, 0.4) is 0 Å². The minimum atomic E-state index is -0.547. The van der Waals surface area contributed by atoms with Gasteiger partial charge in [-0.2, -0.15) is 0 Å². The largest absolute Gasteiger partial charge is 0.497 e. The van der Waals surface area contributed by atoms with E-state index in [1.54, 1.807) is 14.2 Å². The molecule has 5 heteroatoms. The molecule has 3 N–H and O–H groups in total. The van der Waals surface area contributed by atoms with Crippen molar-refractivity contribution in [2.45, 2.75) is 18.6 Å². The van der Waals surface area contributed by atoms with E-state index in [1.807, 2.05) is 54.6 Å². The molecule has 0 heterocycles. The summed E-state index contributed by atoms with van der Waals surface area (Å²) >= 11 is 0. The summed E-state index contributed by atoms with van der Waals surface area (Å²) in [5.74, 6) is 1.59. The van der Waals surface area contributed by atoms with Gasteiger partial charge in [-0.25, -0.2) is 0 Å². The van der Waals surface area contributed by atoms with Crippen molar-refractivity contribution in [2.24, 2.45) is 0 Å². The van der Waals surface area contributed by atoms with E-state index < -0.39 is 6.10 Å². The van der Waals surface area contributed by atoms with Gasteiger partial charge in [0.25, 0.3) is 0 Å². The second-order valence-corrected chi connectivity index (χ2v) is 7.46. The van der Waals surface area contributed by atoms with Crippen LogP contribution < -0.4 is 14.8 Å². The van der Waals surface area contributed by atoms with Crippen molar-refractivity contribution < 1.29 is 24.6 Å². The molecule has 3 aromatic carbocycles. The third kappa shape index (κ3) is 7.10. The molecule has 31 heavy (non-hydrogen) atoms. The van der Waals surface area contributed by atoms with Crippen molar-refractivity contribution in [3.63, 3.8) is 0 Å². The Bertz CT molecular complexity index is 834. The number of aliphatic hydroxyl groups is 1. The molecule has 1 atom stereocenters. The highest BCUT2D eigenvalue weighted by Gasteiger charge is 2.18. The first kappa shape index (κ1) is 22.8. The van der Waals surface area contributed by atoms with Crippen LogP contribution in [-0.2, 0) is 11.2 Å². The second-order valence-electron chi connectivity index (χ2n) is 7.46. The van der Waals surface area contributed by atoms with Gasteiger partial charge in [0, 0.05) is 6.42 Å². The number of hydrogen-bond acceptors (Lipinski definition) is 4. The number of nitrogens with two attached hydrogens (primary N) is 1. The summed E-state index contributed by atoms with van der Waals surface area (Å²) < 4.78 is 16.7. The lowest BCUT2D eigenvalue weighted by Crippen LogP contribution is -2.87. The first-order chi connectivity index (χ1) is 15.2. The van der Waals surface area contributed by atoms with E-state index in [4.69, 9.17) is 14.2 Å². The van der Waals surface area contributed by atoms with Gasteiger partial charge in [0.15, 0.2) is 0 Å². The zero-order chi connectivity index (χ0) is 21.9. The fraction of sp³-hybridized carbons (Fsp3) is 0.308. The Morgan fingerprint density at radius 3 is 1.84 bits per heavy atom. The summed E-state index contributed by atoms with van der Waals surface area (Å²) in [4.78, 5) is 0. The van der Waals surface area contributed by atoms with Crippen LogP contribution in [0.2, 0.25) is 0 Å². The predicted molar refractivity (Wildman–Crippen MR) is 122 cm³/mol. The molecule has 0 aliphatic rings. The summed E-state index contributed by atoms with van der Waals surface area (Å²) in [5.41, 5.74) is 3.32. The number of ether oxygens (including phenoxy) is 3. The Labute approximate surface area is 184 Å². The van der Waals surface area contributed by atoms with E-state index in [1.165, 1.54) is 5.56 Å². The number of methoxy groups -OCH3 is 2.